The minimum Gasteiger partial charge on any atom is -0.493 e. The summed E-state index contributed by atoms with van der Waals surface area (Å²) < 4.78 is 16.4. The monoisotopic (exact) mass is 414 g/mol. The zero-order valence-electron chi connectivity index (χ0n) is 16.4. The van der Waals surface area contributed by atoms with Crippen LogP contribution in [0.3, 0.4) is 0 Å². The van der Waals surface area contributed by atoms with Gasteiger partial charge in [-0.1, -0.05) is 17.7 Å². The topological polar surface area (TPSA) is 80.6 Å². The first-order valence-corrected chi connectivity index (χ1v) is 9.54. The number of carbonyl (C=O) groups excluding carboxylic acids is 1. The molecule has 0 saturated heterocycles. The van der Waals surface area contributed by atoms with Gasteiger partial charge in [-0.05, 0) is 49.2 Å². The van der Waals surface area contributed by atoms with Gasteiger partial charge in [0.15, 0.2) is 11.5 Å². The third-order valence-corrected chi connectivity index (χ3v) is 4.05. The number of unbranched alkanes of at least 4 members (excludes halogenated alkanes) is 1. The molecule has 0 fully saturated rings. The van der Waals surface area contributed by atoms with Crippen LogP contribution in [0.4, 0.5) is 5.69 Å². The lowest BCUT2D eigenvalue weighted by atomic mass is 10.2. The number of methoxy groups -OCH3 is 1. The minimum atomic E-state index is -0.295. The van der Waals surface area contributed by atoms with Gasteiger partial charge in [-0.25, -0.2) is 0 Å². The average molecular weight is 415 g/mol. The molecule has 2 aromatic rings. The Bertz CT molecular complexity index is 906. The number of benzene rings is 2. The van der Waals surface area contributed by atoms with Crippen LogP contribution in [0.2, 0.25) is 5.02 Å². The largest absolute Gasteiger partial charge is 0.493 e. The summed E-state index contributed by atoms with van der Waals surface area (Å²) >= 11 is 6.22. The highest BCUT2D eigenvalue weighted by Crippen LogP contribution is 2.36. The molecule has 7 heteroatoms. The van der Waals surface area contributed by atoms with Gasteiger partial charge in [0.05, 0.1) is 31.4 Å². The Labute approximate surface area is 175 Å². The highest BCUT2D eigenvalue weighted by Gasteiger charge is 2.10. The molecule has 6 nitrogen and oxygen atoms in total. The van der Waals surface area contributed by atoms with Crippen LogP contribution in [0, 0.1) is 11.3 Å². The Kier molecular flexibility index (Phi) is 8.87. The van der Waals surface area contributed by atoms with E-state index in [1.54, 1.807) is 42.5 Å². The van der Waals surface area contributed by atoms with E-state index in [1.165, 1.54) is 13.2 Å². The maximum absolute atomic E-state index is 12.3. The van der Waals surface area contributed by atoms with E-state index in [4.69, 9.17) is 31.1 Å². The van der Waals surface area contributed by atoms with E-state index in [0.29, 0.717) is 59.6 Å². The normalized spacial score (nSPS) is 10.4. The van der Waals surface area contributed by atoms with Crippen molar-refractivity contribution < 1.29 is 19.0 Å². The molecule has 1 N–H and O–H groups in total. The number of rotatable bonds is 10. The Balaban J connectivity index is 2.02. The van der Waals surface area contributed by atoms with Crippen LogP contribution in [-0.2, 0) is 4.79 Å². The summed E-state index contributed by atoms with van der Waals surface area (Å²) in [5, 5.41) is 11.7. The second-order valence-corrected chi connectivity index (χ2v) is 6.33. The van der Waals surface area contributed by atoms with Gasteiger partial charge < -0.3 is 19.5 Å². The van der Waals surface area contributed by atoms with Gasteiger partial charge in [-0.15, -0.1) is 0 Å². The van der Waals surface area contributed by atoms with Gasteiger partial charge in [0.2, 0.25) is 5.91 Å². The second kappa shape index (κ2) is 11.6. The van der Waals surface area contributed by atoms with Crippen molar-refractivity contribution in [3.63, 3.8) is 0 Å². The van der Waals surface area contributed by atoms with Gasteiger partial charge in [-0.3, -0.25) is 4.79 Å². The van der Waals surface area contributed by atoms with Crippen molar-refractivity contribution >= 4 is 29.3 Å². The maximum atomic E-state index is 12.3. The summed E-state index contributed by atoms with van der Waals surface area (Å²) in [7, 11) is 1.52. The fourth-order valence-corrected chi connectivity index (χ4v) is 2.80. The molecule has 0 radical (unpaired) electrons. The summed E-state index contributed by atoms with van der Waals surface area (Å²) in [5.41, 5.74) is 1.32. The summed E-state index contributed by atoms with van der Waals surface area (Å²) in [4.78, 5) is 12.3. The Morgan fingerprint density at radius 1 is 1.28 bits per heavy atom. The fourth-order valence-electron chi connectivity index (χ4n) is 2.51. The molecule has 152 valence electrons. The minimum absolute atomic E-state index is 0.295. The molecule has 1 amide bonds. The predicted molar refractivity (Wildman–Crippen MR) is 114 cm³/mol. The van der Waals surface area contributed by atoms with Crippen LogP contribution in [0.25, 0.3) is 6.08 Å². The third-order valence-electron chi connectivity index (χ3n) is 3.77. The summed E-state index contributed by atoms with van der Waals surface area (Å²) in [6.45, 7) is 2.78. The van der Waals surface area contributed by atoms with Crippen LogP contribution < -0.4 is 19.5 Å². The fraction of sp³-hybridized carbons (Fsp3) is 0.273. The molecule has 0 aromatic heterocycles. The number of hydrogen-bond donors (Lipinski definition) is 1. The van der Waals surface area contributed by atoms with Crippen LogP contribution in [-0.4, -0.2) is 26.2 Å². The van der Waals surface area contributed by atoms with Crippen molar-refractivity contribution in [2.24, 2.45) is 0 Å². The van der Waals surface area contributed by atoms with Crippen molar-refractivity contribution in [2.45, 2.75) is 19.8 Å². The van der Waals surface area contributed by atoms with E-state index in [2.05, 4.69) is 11.4 Å². The number of ether oxygens (including phenoxy) is 3. The highest BCUT2D eigenvalue weighted by atomic mass is 35.5. The number of anilines is 1. The van der Waals surface area contributed by atoms with Gasteiger partial charge >= 0.3 is 0 Å². The number of halogens is 1. The summed E-state index contributed by atoms with van der Waals surface area (Å²) in [6, 6.07) is 12.6. The van der Waals surface area contributed by atoms with Crippen molar-refractivity contribution in [2.75, 3.05) is 25.6 Å². The lowest BCUT2D eigenvalue weighted by Gasteiger charge is -2.11. The van der Waals surface area contributed by atoms with Crippen molar-refractivity contribution in [3.05, 3.63) is 53.1 Å². The SMILES string of the molecule is CCOc1cc(C=CC(=O)Nc2cccc(OCCCC#N)c2)cc(Cl)c1OC. The molecule has 0 aliphatic carbocycles. The molecule has 0 heterocycles. The van der Waals surface area contributed by atoms with E-state index in [0.717, 1.165) is 0 Å². The van der Waals surface area contributed by atoms with Crippen molar-refractivity contribution in [1.82, 2.24) is 0 Å². The van der Waals surface area contributed by atoms with Crippen molar-refractivity contribution in [1.29, 1.82) is 5.26 Å². The first kappa shape index (κ1) is 22.1. The maximum Gasteiger partial charge on any atom is 0.248 e. The molecule has 0 aliphatic rings. The molecular formula is C22H23ClN2O4. The van der Waals surface area contributed by atoms with Crippen LogP contribution in [0.15, 0.2) is 42.5 Å². The van der Waals surface area contributed by atoms with Crippen LogP contribution >= 0.6 is 11.6 Å². The van der Waals surface area contributed by atoms with Crippen LogP contribution in [0.1, 0.15) is 25.3 Å². The molecule has 0 saturated carbocycles. The van der Waals surface area contributed by atoms with Crippen molar-refractivity contribution in [3.8, 4) is 23.3 Å². The van der Waals surface area contributed by atoms with Gasteiger partial charge in [0.25, 0.3) is 0 Å². The quantitative estimate of drug-likeness (QED) is 0.433. The molecule has 2 rings (SSSR count). The molecule has 0 bridgehead atoms. The zero-order valence-corrected chi connectivity index (χ0v) is 17.2. The van der Waals surface area contributed by atoms with E-state index < -0.39 is 0 Å². The third kappa shape index (κ3) is 7.05. The summed E-state index contributed by atoms with van der Waals surface area (Å²) in [5.74, 6) is 1.31. The average Bonchev–Trinajstić information content (AvgIpc) is 2.70. The van der Waals surface area contributed by atoms with E-state index in [9.17, 15) is 4.79 Å². The van der Waals surface area contributed by atoms with E-state index >= 15 is 0 Å². The Morgan fingerprint density at radius 3 is 2.83 bits per heavy atom. The second-order valence-electron chi connectivity index (χ2n) is 5.93. The first-order chi connectivity index (χ1) is 14.1. The lowest BCUT2D eigenvalue weighted by molar-refractivity contribution is -0.111. The lowest BCUT2D eigenvalue weighted by Crippen LogP contribution is -2.08. The molecule has 0 atom stereocenters. The molecule has 2 aromatic carbocycles. The summed E-state index contributed by atoms with van der Waals surface area (Å²) in [6.07, 6.45) is 4.16. The first-order valence-electron chi connectivity index (χ1n) is 9.16. The van der Waals surface area contributed by atoms with Gasteiger partial charge in [-0.2, -0.15) is 5.26 Å². The number of nitrogens with zero attached hydrogens (tertiary/aromatic N) is 1. The number of nitrogens with one attached hydrogen (secondary N) is 1. The molecular weight excluding hydrogens is 392 g/mol. The number of amides is 1. The van der Waals surface area contributed by atoms with Gasteiger partial charge in [0.1, 0.15) is 5.75 Å². The van der Waals surface area contributed by atoms with E-state index in [1.807, 2.05) is 6.92 Å². The highest BCUT2D eigenvalue weighted by molar-refractivity contribution is 6.32. The zero-order chi connectivity index (χ0) is 21.1. The molecule has 0 unspecified atom stereocenters. The predicted octanol–water partition coefficient (Wildman–Crippen LogP) is 5.08. The van der Waals surface area contributed by atoms with Crippen LogP contribution in [0.5, 0.6) is 17.2 Å². The molecule has 0 spiro atoms. The number of carbonyl (C=O) groups is 1. The Hall–Kier alpha value is -3.17. The molecule has 29 heavy (non-hydrogen) atoms. The molecule has 0 aliphatic heterocycles. The number of hydrogen-bond acceptors (Lipinski definition) is 5. The Morgan fingerprint density at radius 2 is 2.10 bits per heavy atom. The van der Waals surface area contributed by atoms with E-state index in [-0.39, 0.29) is 5.91 Å². The smallest absolute Gasteiger partial charge is 0.248 e. The van der Waals surface area contributed by atoms with Gasteiger partial charge in [0, 0.05) is 24.3 Å². The number of nitriles is 1. The standard InChI is InChI=1S/C22H23ClN2O4/c1-3-28-20-14-16(13-19(23)22(20)27-2)9-10-21(26)25-17-7-6-8-18(15-17)29-12-5-4-11-24/h6-10,13-15H,3-5,12H2,1-2H3,(H,25,26).